The van der Waals surface area contributed by atoms with Crippen molar-refractivity contribution in [1.29, 1.82) is 0 Å². The predicted molar refractivity (Wildman–Crippen MR) is 125 cm³/mol. The summed E-state index contributed by atoms with van der Waals surface area (Å²) in [7, 11) is 0. The molecular weight excluding hydrogens is 492 g/mol. The smallest absolute Gasteiger partial charge is 0.390 e. The van der Waals surface area contributed by atoms with Crippen molar-refractivity contribution in [3.8, 4) is 0 Å². The lowest BCUT2D eigenvalue weighted by Crippen LogP contribution is -2.55. The Morgan fingerprint density at radius 3 is 2.46 bits per heavy atom. The molecule has 3 aromatic rings. The van der Waals surface area contributed by atoms with Crippen LogP contribution >= 0.6 is 0 Å². The van der Waals surface area contributed by atoms with Gasteiger partial charge < -0.3 is 10.4 Å². The number of amides is 2. The Labute approximate surface area is 209 Å². The van der Waals surface area contributed by atoms with Crippen LogP contribution in [-0.2, 0) is 17.6 Å². The van der Waals surface area contributed by atoms with Gasteiger partial charge in [-0.15, -0.1) is 0 Å². The highest BCUT2D eigenvalue weighted by Crippen LogP contribution is 2.47. The number of carbonyl (C=O) groups excluding carboxylic acids is 2. The van der Waals surface area contributed by atoms with E-state index in [1.807, 2.05) is 0 Å². The Bertz CT molecular complexity index is 1350. The molecule has 2 atom stereocenters. The molecule has 7 nitrogen and oxygen atoms in total. The summed E-state index contributed by atoms with van der Waals surface area (Å²) in [5.74, 6) is -2.18. The number of hydrogen-bond acceptors (Lipinski definition) is 4. The van der Waals surface area contributed by atoms with Crippen LogP contribution in [0.5, 0.6) is 0 Å². The van der Waals surface area contributed by atoms with Crippen molar-refractivity contribution in [2.45, 2.75) is 50.6 Å². The highest BCUT2D eigenvalue weighted by Gasteiger charge is 2.47. The molecule has 1 fully saturated rings. The van der Waals surface area contributed by atoms with Gasteiger partial charge in [-0.25, -0.2) is 9.07 Å². The normalized spacial score (nSPS) is 19.6. The number of aliphatic hydroxyl groups excluding tert-OH is 1. The van der Waals surface area contributed by atoms with Gasteiger partial charge in [0.05, 0.1) is 23.9 Å². The fourth-order valence-electron chi connectivity index (χ4n) is 4.88. The number of rotatable bonds is 6. The summed E-state index contributed by atoms with van der Waals surface area (Å²) in [4.78, 5) is 28.5. The first-order chi connectivity index (χ1) is 17.6. The first kappa shape index (κ1) is 24.9. The van der Waals surface area contributed by atoms with Gasteiger partial charge in [-0.1, -0.05) is 18.2 Å². The van der Waals surface area contributed by atoms with Gasteiger partial charge in [-0.3, -0.25) is 14.5 Å². The van der Waals surface area contributed by atoms with Gasteiger partial charge in [-0.2, -0.15) is 18.3 Å². The number of anilines is 1. The summed E-state index contributed by atoms with van der Waals surface area (Å²) in [5.41, 5.74) is 0.0878. The molecule has 2 aliphatic rings. The van der Waals surface area contributed by atoms with E-state index in [0.717, 1.165) is 31.0 Å². The third-order valence-electron chi connectivity index (χ3n) is 6.76. The Kier molecular flexibility index (Phi) is 6.26. The lowest BCUT2D eigenvalue weighted by molar-refractivity contribution is -0.137. The van der Waals surface area contributed by atoms with E-state index >= 15 is 0 Å². The molecule has 5 rings (SSSR count). The zero-order valence-corrected chi connectivity index (χ0v) is 19.8. The van der Waals surface area contributed by atoms with Gasteiger partial charge in [0, 0.05) is 23.6 Å². The SMILES string of the molecule is CCN1C(=O)[C@@H](NC(=O)c2cccc(C(F)(F)F)c2)[C@@H](c2ccc(F)cc2)c2c(CO)nn(C3CC3)c21. The van der Waals surface area contributed by atoms with E-state index < -0.39 is 47.9 Å². The third kappa shape index (κ3) is 4.48. The van der Waals surface area contributed by atoms with Gasteiger partial charge >= 0.3 is 6.18 Å². The quantitative estimate of drug-likeness (QED) is 0.482. The van der Waals surface area contributed by atoms with E-state index in [9.17, 15) is 32.3 Å². The Morgan fingerprint density at radius 1 is 1.16 bits per heavy atom. The Morgan fingerprint density at radius 2 is 1.86 bits per heavy atom. The molecule has 0 radical (unpaired) electrons. The fraction of sp³-hybridized carbons (Fsp3) is 0.346. The molecule has 37 heavy (non-hydrogen) atoms. The number of likely N-dealkylation sites (N-methyl/N-ethyl adjacent to an activating group) is 1. The van der Waals surface area contributed by atoms with Crippen LogP contribution in [-0.4, -0.2) is 39.3 Å². The minimum Gasteiger partial charge on any atom is -0.390 e. The Balaban J connectivity index is 1.62. The van der Waals surface area contributed by atoms with E-state index in [0.29, 0.717) is 22.6 Å². The fourth-order valence-corrected chi connectivity index (χ4v) is 4.88. The van der Waals surface area contributed by atoms with Crippen molar-refractivity contribution in [2.75, 3.05) is 11.4 Å². The zero-order chi connectivity index (χ0) is 26.5. The van der Waals surface area contributed by atoms with Crippen molar-refractivity contribution in [3.63, 3.8) is 0 Å². The van der Waals surface area contributed by atoms with Crippen molar-refractivity contribution >= 4 is 17.6 Å². The molecule has 0 bridgehead atoms. The average molecular weight is 516 g/mol. The van der Waals surface area contributed by atoms with E-state index in [4.69, 9.17) is 0 Å². The second kappa shape index (κ2) is 9.29. The summed E-state index contributed by atoms with van der Waals surface area (Å²) in [5, 5.41) is 17.4. The summed E-state index contributed by atoms with van der Waals surface area (Å²) in [6.07, 6.45) is -2.92. The number of nitrogens with zero attached hydrogens (tertiary/aromatic N) is 3. The molecular formula is C26H24F4N4O3. The van der Waals surface area contributed by atoms with Crippen molar-refractivity contribution in [2.24, 2.45) is 0 Å². The van der Waals surface area contributed by atoms with Crippen molar-refractivity contribution in [3.05, 3.63) is 82.3 Å². The molecule has 1 aliphatic heterocycles. The maximum atomic E-state index is 13.8. The van der Waals surface area contributed by atoms with Crippen LogP contribution in [0.25, 0.3) is 0 Å². The molecule has 0 spiro atoms. The van der Waals surface area contributed by atoms with Crippen LogP contribution in [0.4, 0.5) is 23.4 Å². The highest BCUT2D eigenvalue weighted by molar-refractivity contribution is 6.05. The van der Waals surface area contributed by atoms with Gasteiger partial charge in [0.2, 0.25) is 0 Å². The monoisotopic (exact) mass is 516 g/mol. The van der Waals surface area contributed by atoms with Crippen molar-refractivity contribution < 1.29 is 32.3 Å². The first-order valence-electron chi connectivity index (χ1n) is 11.9. The van der Waals surface area contributed by atoms with Crippen LogP contribution in [0.15, 0.2) is 48.5 Å². The third-order valence-corrected chi connectivity index (χ3v) is 6.76. The number of aromatic nitrogens is 2. The van der Waals surface area contributed by atoms with Crippen LogP contribution in [0.3, 0.4) is 0 Å². The minimum absolute atomic E-state index is 0.0704. The summed E-state index contributed by atoms with van der Waals surface area (Å²) in [6.45, 7) is 1.56. The second-order valence-electron chi connectivity index (χ2n) is 9.16. The van der Waals surface area contributed by atoms with Crippen LogP contribution < -0.4 is 10.2 Å². The number of aliphatic hydroxyl groups is 1. The molecule has 1 aromatic heterocycles. The highest BCUT2D eigenvalue weighted by atomic mass is 19.4. The summed E-state index contributed by atoms with van der Waals surface area (Å²) >= 11 is 0. The van der Waals surface area contributed by atoms with Crippen LogP contribution in [0.2, 0.25) is 0 Å². The molecule has 2 aromatic carbocycles. The van der Waals surface area contributed by atoms with Crippen LogP contribution in [0, 0.1) is 5.82 Å². The molecule has 11 heteroatoms. The molecule has 1 saturated carbocycles. The van der Waals surface area contributed by atoms with E-state index in [1.54, 1.807) is 11.6 Å². The number of nitrogens with one attached hydrogen (secondary N) is 1. The molecule has 2 amide bonds. The number of alkyl halides is 3. The first-order valence-corrected chi connectivity index (χ1v) is 11.9. The number of hydrogen-bond donors (Lipinski definition) is 2. The number of fused-ring (bicyclic) bond motifs is 1. The van der Waals surface area contributed by atoms with E-state index in [1.165, 1.54) is 35.2 Å². The van der Waals surface area contributed by atoms with Gasteiger partial charge in [0.25, 0.3) is 11.8 Å². The van der Waals surface area contributed by atoms with Gasteiger partial charge in [0.1, 0.15) is 17.7 Å². The molecule has 194 valence electrons. The summed E-state index contributed by atoms with van der Waals surface area (Å²) in [6, 6.07) is 8.19. The lowest BCUT2D eigenvalue weighted by Gasteiger charge is -2.38. The average Bonchev–Trinajstić information content (AvgIpc) is 3.65. The minimum atomic E-state index is -4.64. The van der Waals surface area contributed by atoms with Crippen LogP contribution in [0.1, 0.15) is 64.5 Å². The standard InChI is InChI=1S/C26H24F4N4O3/c1-2-33-24-21(19(13-35)32-34(24)18-10-11-18)20(14-6-8-17(27)9-7-14)22(25(33)37)31-23(36)15-4-3-5-16(12-15)26(28,29)30/h3-9,12,18,20,22,35H,2,10-11,13H2,1H3,(H,31,36)/t20-,22-/m0/s1. The topological polar surface area (TPSA) is 87.5 Å². The Hall–Kier alpha value is -3.73. The van der Waals surface area contributed by atoms with Gasteiger partial charge in [0.15, 0.2) is 0 Å². The van der Waals surface area contributed by atoms with Gasteiger partial charge in [-0.05, 0) is 55.7 Å². The van der Waals surface area contributed by atoms with E-state index in [2.05, 4.69) is 10.4 Å². The second-order valence-corrected chi connectivity index (χ2v) is 9.16. The van der Waals surface area contributed by atoms with E-state index in [-0.39, 0.29) is 18.2 Å². The zero-order valence-electron chi connectivity index (χ0n) is 19.8. The summed E-state index contributed by atoms with van der Waals surface area (Å²) < 4.78 is 55.2. The maximum absolute atomic E-state index is 13.8. The number of benzene rings is 2. The number of halogens is 4. The number of carbonyl (C=O) groups is 2. The molecule has 2 heterocycles. The largest absolute Gasteiger partial charge is 0.416 e. The molecule has 0 unspecified atom stereocenters. The molecule has 2 N–H and O–H groups in total. The maximum Gasteiger partial charge on any atom is 0.416 e. The lowest BCUT2D eigenvalue weighted by atomic mass is 9.81. The molecule has 1 aliphatic carbocycles. The van der Waals surface area contributed by atoms with Crippen molar-refractivity contribution in [1.82, 2.24) is 15.1 Å². The predicted octanol–water partition coefficient (Wildman–Crippen LogP) is 4.17. The molecule has 0 saturated heterocycles.